The zero-order valence-corrected chi connectivity index (χ0v) is 16.5. The molecule has 30 heavy (non-hydrogen) atoms. The molecule has 0 aliphatic carbocycles. The lowest BCUT2D eigenvalue weighted by atomic mass is 10.1. The van der Waals surface area contributed by atoms with Crippen LogP contribution in [0, 0.1) is 0 Å². The standard InChI is InChI=1S/C23H22N6O/c30-22-7-4-12-28(22)15-18-10-8-17(9-11-18)14-24-21-13-20(19-5-2-1-3-6-19)27-23-25-16-26-29(21)23/h1-3,5-6,8-11,13,16,24H,4,7,12,14-15H2. The lowest BCUT2D eigenvalue weighted by molar-refractivity contribution is -0.128. The van der Waals surface area contributed by atoms with E-state index in [1.165, 1.54) is 6.33 Å². The number of nitrogens with one attached hydrogen (secondary N) is 1. The van der Waals surface area contributed by atoms with Gasteiger partial charge >= 0.3 is 0 Å². The summed E-state index contributed by atoms with van der Waals surface area (Å²) in [5, 5.41) is 7.74. The van der Waals surface area contributed by atoms with E-state index in [-0.39, 0.29) is 5.91 Å². The van der Waals surface area contributed by atoms with Gasteiger partial charge in [-0.05, 0) is 17.5 Å². The molecule has 0 bridgehead atoms. The van der Waals surface area contributed by atoms with Crippen molar-refractivity contribution in [3.63, 3.8) is 0 Å². The van der Waals surface area contributed by atoms with E-state index in [0.29, 0.717) is 25.3 Å². The maximum atomic E-state index is 11.8. The highest BCUT2D eigenvalue weighted by molar-refractivity contribution is 5.78. The number of anilines is 1. The Morgan fingerprint density at radius 1 is 1.00 bits per heavy atom. The van der Waals surface area contributed by atoms with Gasteiger partial charge in [0.25, 0.3) is 5.78 Å². The van der Waals surface area contributed by atoms with Crippen molar-refractivity contribution in [2.45, 2.75) is 25.9 Å². The highest BCUT2D eigenvalue weighted by Gasteiger charge is 2.19. The van der Waals surface area contributed by atoms with Gasteiger partial charge in [-0.2, -0.15) is 14.6 Å². The first-order chi connectivity index (χ1) is 14.8. The predicted molar refractivity (Wildman–Crippen MR) is 115 cm³/mol. The van der Waals surface area contributed by atoms with Crippen LogP contribution in [0.2, 0.25) is 0 Å². The number of likely N-dealkylation sites (tertiary alicyclic amines) is 1. The molecule has 1 fully saturated rings. The normalized spacial score (nSPS) is 13.9. The Morgan fingerprint density at radius 3 is 2.57 bits per heavy atom. The molecule has 7 nitrogen and oxygen atoms in total. The van der Waals surface area contributed by atoms with Gasteiger partial charge in [-0.3, -0.25) is 4.79 Å². The van der Waals surface area contributed by atoms with Crippen LogP contribution in [-0.4, -0.2) is 36.9 Å². The molecule has 5 rings (SSSR count). The summed E-state index contributed by atoms with van der Waals surface area (Å²) in [5.74, 6) is 1.65. The second-order valence-corrected chi connectivity index (χ2v) is 7.45. The van der Waals surface area contributed by atoms with Crippen LogP contribution in [0.4, 0.5) is 5.82 Å². The molecule has 2 aromatic heterocycles. The molecule has 3 heterocycles. The first-order valence-corrected chi connectivity index (χ1v) is 10.1. The van der Waals surface area contributed by atoms with Crippen LogP contribution in [0.15, 0.2) is 67.0 Å². The van der Waals surface area contributed by atoms with Crippen molar-refractivity contribution in [1.29, 1.82) is 0 Å². The first-order valence-electron chi connectivity index (χ1n) is 10.1. The maximum absolute atomic E-state index is 11.8. The molecular weight excluding hydrogens is 376 g/mol. The Balaban J connectivity index is 1.32. The van der Waals surface area contributed by atoms with E-state index in [1.54, 1.807) is 4.52 Å². The number of hydrogen-bond donors (Lipinski definition) is 1. The molecule has 4 aromatic rings. The molecule has 2 aromatic carbocycles. The fourth-order valence-electron chi connectivity index (χ4n) is 3.74. The summed E-state index contributed by atoms with van der Waals surface area (Å²) in [5.41, 5.74) is 4.19. The topological polar surface area (TPSA) is 75.4 Å². The minimum Gasteiger partial charge on any atom is -0.366 e. The lowest BCUT2D eigenvalue weighted by Gasteiger charge is -2.16. The van der Waals surface area contributed by atoms with Crippen LogP contribution in [0.5, 0.6) is 0 Å². The molecule has 7 heteroatoms. The Morgan fingerprint density at radius 2 is 1.80 bits per heavy atom. The number of carbonyl (C=O) groups excluding carboxylic acids is 1. The molecule has 0 spiro atoms. The maximum Gasteiger partial charge on any atom is 0.254 e. The lowest BCUT2D eigenvalue weighted by Crippen LogP contribution is -2.23. The van der Waals surface area contributed by atoms with Crippen molar-refractivity contribution in [2.24, 2.45) is 0 Å². The van der Waals surface area contributed by atoms with Crippen molar-refractivity contribution in [1.82, 2.24) is 24.5 Å². The molecule has 1 N–H and O–H groups in total. The Labute approximate surface area is 174 Å². The summed E-state index contributed by atoms with van der Waals surface area (Å²) < 4.78 is 1.71. The fourth-order valence-corrected chi connectivity index (χ4v) is 3.74. The monoisotopic (exact) mass is 398 g/mol. The summed E-state index contributed by atoms with van der Waals surface area (Å²) in [4.78, 5) is 22.6. The van der Waals surface area contributed by atoms with Gasteiger partial charge in [-0.25, -0.2) is 4.98 Å². The first kappa shape index (κ1) is 18.3. The van der Waals surface area contributed by atoms with Crippen LogP contribution >= 0.6 is 0 Å². The van der Waals surface area contributed by atoms with E-state index in [0.717, 1.165) is 41.2 Å². The Bertz CT molecular complexity index is 1170. The number of aromatic nitrogens is 4. The van der Waals surface area contributed by atoms with Gasteiger partial charge in [0.1, 0.15) is 12.1 Å². The smallest absolute Gasteiger partial charge is 0.254 e. The van der Waals surface area contributed by atoms with Crippen molar-refractivity contribution >= 4 is 17.5 Å². The van der Waals surface area contributed by atoms with Crippen LogP contribution in [0.3, 0.4) is 0 Å². The quantitative estimate of drug-likeness (QED) is 0.538. The minimum absolute atomic E-state index is 0.254. The largest absolute Gasteiger partial charge is 0.366 e. The zero-order valence-electron chi connectivity index (χ0n) is 16.5. The van der Waals surface area contributed by atoms with E-state index < -0.39 is 0 Å². The van der Waals surface area contributed by atoms with E-state index >= 15 is 0 Å². The van der Waals surface area contributed by atoms with E-state index in [9.17, 15) is 4.79 Å². The number of rotatable bonds is 6. The Kier molecular flexibility index (Phi) is 4.85. The summed E-state index contributed by atoms with van der Waals surface area (Å²) in [6.07, 6.45) is 3.15. The SMILES string of the molecule is O=C1CCCN1Cc1ccc(CNc2cc(-c3ccccc3)nc3ncnn23)cc1. The molecule has 1 saturated heterocycles. The van der Waals surface area contributed by atoms with Crippen molar-refractivity contribution in [3.8, 4) is 11.3 Å². The van der Waals surface area contributed by atoms with Crippen LogP contribution in [0.25, 0.3) is 17.0 Å². The second-order valence-electron chi connectivity index (χ2n) is 7.45. The summed E-state index contributed by atoms with van der Waals surface area (Å²) in [7, 11) is 0. The number of amides is 1. The van der Waals surface area contributed by atoms with Crippen LogP contribution in [-0.2, 0) is 17.9 Å². The van der Waals surface area contributed by atoms with Gasteiger partial charge in [0.2, 0.25) is 5.91 Å². The molecule has 0 atom stereocenters. The highest BCUT2D eigenvalue weighted by atomic mass is 16.2. The number of nitrogens with zero attached hydrogens (tertiary/aromatic N) is 5. The predicted octanol–water partition coefficient (Wildman–Crippen LogP) is 3.53. The fraction of sp³-hybridized carbons (Fsp3) is 0.217. The Hall–Kier alpha value is -3.74. The average molecular weight is 398 g/mol. The van der Waals surface area contributed by atoms with Crippen molar-refractivity contribution in [2.75, 3.05) is 11.9 Å². The number of carbonyl (C=O) groups is 1. The van der Waals surface area contributed by atoms with Crippen molar-refractivity contribution in [3.05, 3.63) is 78.1 Å². The van der Waals surface area contributed by atoms with E-state index in [2.05, 4.69) is 44.6 Å². The molecule has 1 aliphatic heterocycles. The van der Waals surface area contributed by atoms with Gasteiger partial charge in [0, 0.05) is 37.7 Å². The van der Waals surface area contributed by atoms with E-state index in [1.807, 2.05) is 41.3 Å². The van der Waals surface area contributed by atoms with Gasteiger partial charge in [0.05, 0.1) is 5.69 Å². The van der Waals surface area contributed by atoms with Gasteiger partial charge in [-0.1, -0.05) is 54.6 Å². The molecule has 1 amide bonds. The van der Waals surface area contributed by atoms with Gasteiger partial charge in [0.15, 0.2) is 0 Å². The molecular formula is C23H22N6O. The molecule has 0 saturated carbocycles. The molecule has 1 aliphatic rings. The van der Waals surface area contributed by atoms with Crippen LogP contribution in [0.1, 0.15) is 24.0 Å². The van der Waals surface area contributed by atoms with Crippen LogP contribution < -0.4 is 5.32 Å². The summed E-state index contributed by atoms with van der Waals surface area (Å²) in [6, 6.07) is 20.4. The van der Waals surface area contributed by atoms with Crippen molar-refractivity contribution < 1.29 is 4.79 Å². The number of fused-ring (bicyclic) bond motifs is 1. The minimum atomic E-state index is 0.254. The third-order valence-electron chi connectivity index (χ3n) is 5.36. The summed E-state index contributed by atoms with van der Waals surface area (Å²) in [6.45, 7) is 2.20. The number of benzene rings is 2. The second kappa shape index (κ2) is 7.94. The number of hydrogen-bond acceptors (Lipinski definition) is 5. The van der Waals surface area contributed by atoms with E-state index in [4.69, 9.17) is 0 Å². The molecule has 0 radical (unpaired) electrons. The van der Waals surface area contributed by atoms with Gasteiger partial charge < -0.3 is 10.2 Å². The zero-order chi connectivity index (χ0) is 20.3. The highest BCUT2D eigenvalue weighted by Crippen LogP contribution is 2.22. The molecule has 0 unspecified atom stereocenters. The third kappa shape index (κ3) is 3.74. The third-order valence-corrected chi connectivity index (χ3v) is 5.36. The van der Waals surface area contributed by atoms with Gasteiger partial charge in [-0.15, -0.1) is 0 Å². The summed E-state index contributed by atoms with van der Waals surface area (Å²) >= 11 is 0. The molecule has 150 valence electrons. The average Bonchev–Trinajstić information content (AvgIpc) is 3.42.